The Morgan fingerprint density at radius 2 is 2.00 bits per heavy atom. The molecule has 2 heterocycles. The molecule has 0 aromatic heterocycles. The Kier molecular flexibility index (Phi) is 3.97. The van der Waals surface area contributed by atoms with Crippen LogP contribution >= 0.6 is 15.9 Å². The van der Waals surface area contributed by atoms with Gasteiger partial charge in [0.15, 0.2) is 0 Å². The van der Waals surface area contributed by atoms with E-state index in [1.807, 2.05) is 0 Å². The molecule has 0 radical (unpaired) electrons. The number of halogens is 1. The minimum Gasteiger partial charge on any atom is -0.396 e. The van der Waals surface area contributed by atoms with Gasteiger partial charge in [0.1, 0.15) is 0 Å². The van der Waals surface area contributed by atoms with Crippen molar-refractivity contribution in [2.24, 2.45) is 5.92 Å². The predicted molar refractivity (Wildman–Crippen MR) is 81.3 cm³/mol. The second-order valence-corrected chi connectivity index (χ2v) is 6.95. The van der Waals surface area contributed by atoms with Crippen molar-refractivity contribution in [3.05, 3.63) is 34.3 Å². The highest BCUT2D eigenvalue weighted by Crippen LogP contribution is 2.47. The third-order valence-corrected chi connectivity index (χ3v) is 5.72. The zero-order chi connectivity index (χ0) is 13.4. The number of benzene rings is 1. The lowest BCUT2D eigenvalue weighted by atomic mass is 9.75. The van der Waals surface area contributed by atoms with Crippen molar-refractivity contribution >= 4 is 15.9 Å². The molecule has 3 rings (SSSR count). The van der Waals surface area contributed by atoms with Crippen molar-refractivity contribution in [1.82, 2.24) is 4.90 Å². The van der Waals surface area contributed by atoms with Crippen LogP contribution in [0.25, 0.3) is 0 Å². The molecule has 0 saturated carbocycles. The van der Waals surface area contributed by atoms with Crippen molar-refractivity contribution in [1.29, 1.82) is 0 Å². The number of aliphatic hydroxyl groups is 1. The Morgan fingerprint density at radius 1 is 1.26 bits per heavy atom. The quantitative estimate of drug-likeness (QED) is 0.921. The summed E-state index contributed by atoms with van der Waals surface area (Å²) in [5.74, 6) is 1.23. The monoisotopic (exact) mass is 323 g/mol. The molecule has 1 N–H and O–H groups in total. The van der Waals surface area contributed by atoms with Crippen LogP contribution in [0.3, 0.4) is 0 Å². The Hall–Kier alpha value is -0.380. The summed E-state index contributed by atoms with van der Waals surface area (Å²) in [6.07, 6.45) is 4.82. The van der Waals surface area contributed by atoms with Gasteiger partial charge in [0.2, 0.25) is 0 Å². The lowest BCUT2D eigenvalue weighted by Gasteiger charge is -2.43. The molecule has 0 amide bonds. The van der Waals surface area contributed by atoms with E-state index in [1.54, 1.807) is 0 Å². The van der Waals surface area contributed by atoms with Crippen molar-refractivity contribution in [2.75, 3.05) is 13.7 Å². The van der Waals surface area contributed by atoms with Gasteiger partial charge in [-0.1, -0.05) is 28.1 Å². The molecule has 19 heavy (non-hydrogen) atoms. The van der Waals surface area contributed by atoms with Crippen LogP contribution in [0, 0.1) is 5.92 Å². The van der Waals surface area contributed by atoms with E-state index in [9.17, 15) is 5.11 Å². The van der Waals surface area contributed by atoms with Crippen molar-refractivity contribution in [3.63, 3.8) is 0 Å². The zero-order valence-electron chi connectivity index (χ0n) is 11.4. The summed E-state index contributed by atoms with van der Waals surface area (Å²) in [7, 11) is 2.27. The molecular weight excluding hydrogens is 302 g/mol. The van der Waals surface area contributed by atoms with Crippen molar-refractivity contribution < 1.29 is 5.11 Å². The van der Waals surface area contributed by atoms with Gasteiger partial charge >= 0.3 is 0 Å². The SMILES string of the molecule is CN1[C@H]2CC[C@@H]1C(CCO)[C@@H](c1ccc(Br)cc1)C2. The number of hydrogen-bond acceptors (Lipinski definition) is 2. The minimum absolute atomic E-state index is 0.312. The van der Waals surface area contributed by atoms with E-state index in [0.29, 0.717) is 24.5 Å². The van der Waals surface area contributed by atoms with Crippen LogP contribution in [0.4, 0.5) is 0 Å². The predicted octanol–water partition coefficient (Wildman–Crippen LogP) is 3.40. The molecule has 104 valence electrons. The summed E-state index contributed by atoms with van der Waals surface area (Å²) in [5, 5.41) is 9.41. The molecule has 1 aromatic rings. The van der Waals surface area contributed by atoms with E-state index in [-0.39, 0.29) is 0 Å². The van der Waals surface area contributed by atoms with Crippen LogP contribution in [0.1, 0.15) is 37.2 Å². The van der Waals surface area contributed by atoms with Gasteiger partial charge in [0.25, 0.3) is 0 Å². The smallest absolute Gasteiger partial charge is 0.0434 e. The zero-order valence-corrected chi connectivity index (χ0v) is 13.0. The number of piperidine rings is 1. The van der Waals surface area contributed by atoms with Crippen molar-refractivity contribution in [3.8, 4) is 0 Å². The van der Waals surface area contributed by atoms with Crippen molar-refractivity contribution in [2.45, 2.75) is 43.7 Å². The normalized spacial score (nSPS) is 34.7. The van der Waals surface area contributed by atoms with Gasteiger partial charge in [-0.3, -0.25) is 0 Å². The fourth-order valence-electron chi connectivity index (χ4n) is 4.21. The summed E-state index contributed by atoms with van der Waals surface area (Å²) in [4.78, 5) is 2.57. The van der Waals surface area contributed by atoms with Crippen LogP contribution < -0.4 is 0 Å². The fraction of sp³-hybridized carbons (Fsp3) is 0.625. The summed E-state index contributed by atoms with van der Waals surface area (Å²) >= 11 is 3.51. The van der Waals surface area contributed by atoms with Crippen LogP contribution in [0.15, 0.2) is 28.7 Å². The van der Waals surface area contributed by atoms with Gasteiger partial charge in [-0.15, -0.1) is 0 Å². The van der Waals surface area contributed by atoms with Crippen LogP contribution in [0.2, 0.25) is 0 Å². The molecule has 1 aromatic carbocycles. The fourth-order valence-corrected chi connectivity index (χ4v) is 4.48. The van der Waals surface area contributed by atoms with E-state index in [4.69, 9.17) is 0 Å². The molecule has 3 heteroatoms. The highest BCUT2D eigenvalue weighted by Gasteiger charge is 2.45. The van der Waals surface area contributed by atoms with E-state index in [1.165, 1.54) is 24.8 Å². The second-order valence-electron chi connectivity index (χ2n) is 6.03. The van der Waals surface area contributed by atoms with E-state index in [0.717, 1.165) is 16.9 Å². The molecule has 2 aliphatic heterocycles. The topological polar surface area (TPSA) is 23.5 Å². The maximum Gasteiger partial charge on any atom is 0.0434 e. The van der Waals surface area contributed by atoms with Gasteiger partial charge in [-0.25, -0.2) is 0 Å². The van der Waals surface area contributed by atoms with E-state index >= 15 is 0 Å². The number of aliphatic hydroxyl groups excluding tert-OH is 1. The Balaban J connectivity index is 1.88. The standard InChI is InChI=1S/C16H22BrNO/c1-18-13-6-7-16(18)14(8-9-19)15(10-13)11-2-4-12(17)5-3-11/h2-5,13-16,19H,6-10H2,1H3/t13-,14?,15+,16+/m0/s1. The minimum atomic E-state index is 0.312. The molecule has 2 nitrogen and oxygen atoms in total. The molecular formula is C16H22BrNO. The molecule has 0 aliphatic carbocycles. The first-order valence-corrected chi connectivity index (χ1v) is 8.08. The molecule has 4 atom stereocenters. The number of rotatable bonds is 3. The third-order valence-electron chi connectivity index (χ3n) is 5.19. The van der Waals surface area contributed by atoms with E-state index < -0.39 is 0 Å². The van der Waals surface area contributed by atoms with Gasteiger partial charge < -0.3 is 10.0 Å². The largest absolute Gasteiger partial charge is 0.396 e. The molecule has 2 fully saturated rings. The summed E-state index contributed by atoms with van der Waals surface area (Å²) in [6.45, 7) is 0.312. The van der Waals surface area contributed by atoms with Gasteiger partial charge in [0, 0.05) is 23.2 Å². The average Bonchev–Trinajstić information content (AvgIpc) is 2.65. The molecule has 2 aliphatic rings. The average molecular weight is 324 g/mol. The second kappa shape index (κ2) is 5.55. The van der Waals surface area contributed by atoms with Crippen LogP contribution in [-0.2, 0) is 0 Å². The first kappa shape index (κ1) is 13.6. The Labute approximate surface area is 123 Å². The lowest BCUT2D eigenvalue weighted by Crippen LogP contribution is -2.46. The first-order chi connectivity index (χ1) is 9.20. The highest BCUT2D eigenvalue weighted by molar-refractivity contribution is 9.10. The number of fused-ring (bicyclic) bond motifs is 2. The Morgan fingerprint density at radius 3 is 2.68 bits per heavy atom. The summed E-state index contributed by atoms with van der Waals surface area (Å²) in [6, 6.07) is 10.2. The molecule has 2 saturated heterocycles. The number of hydrogen-bond donors (Lipinski definition) is 1. The van der Waals surface area contributed by atoms with Gasteiger partial charge in [-0.2, -0.15) is 0 Å². The lowest BCUT2D eigenvalue weighted by molar-refractivity contribution is 0.0816. The van der Waals surface area contributed by atoms with Gasteiger partial charge in [-0.05, 0) is 62.3 Å². The van der Waals surface area contributed by atoms with Crippen LogP contribution in [0.5, 0.6) is 0 Å². The first-order valence-electron chi connectivity index (χ1n) is 7.29. The summed E-state index contributed by atoms with van der Waals surface area (Å²) < 4.78 is 1.14. The molecule has 2 bridgehead atoms. The maximum absolute atomic E-state index is 9.41. The Bertz CT molecular complexity index is 433. The van der Waals surface area contributed by atoms with E-state index in [2.05, 4.69) is 52.1 Å². The maximum atomic E-state index is 9.41. The highest BCUT2D eigenvalue weighted by atomic mass is 79.9. The van der Waals surface area contributed by atoms with Gasteiger partial charge in [0.05, 0.1) is 0 Å². The van der Waals surface area contributed by atoms with Crippen LogP contribution in [-0.4, -0.2) is 35.7 Å². The third kappa shape index (κ3) is 2.48. The number of nitrogens with zero attached hydrogens (tertiary/aromatic N) is 1. The molecule has 0 spiro atoms. The summed E-state index contributed by atoms with van der Waals surface area (Å²) in [5.41, 5.74) is 1.45. The molecule has 1 unspecified atom stereocenters.